The van der Waals surface area contributed by atoms with Crippen molar-refractivity contribution in [2.45, 2.75) is 13.3 Å². The van der Waals surface area contributed by atoms with Gasteiger partial charge in [0.25, 0.3) is 17.7 Å². The zero-order chi connectivity index (χ0) is 26.1. The fraction of sp³-hybridized carbons (Fsp3) is 0.241. The lowest BCUT2D eigenvalue weighted by molar-refractivity contribution is 0.0655. The van der Waals surface area contributed by atoms with Crippen molar-refractivity contribution in [3.63, 3.8) is 0 Å². The highest BCUT2D eigenvalue weighted by Crippen LogP contribution is 2.26. The number of imide groups is 1. The molecule has 1 fully saturated rings. The van der Waals surface area contributed by atoms with Crippen molar-refractivity contribution in [3.05, 3.63) is 100 Å². The Hall–Kier alpha value is -4.33. The number of hydrogen-bond acceptors (Lipinski definition) is 5. The maximum atomic E-state index is 14.6. The predicted molar refractivity (Wildman–Crippen MR) is 136 cm³/mol. The number of halogens is 1. The molecule has 3 aromatic carbocycles. The second kappa shape index (κ2) is 9.97. The number of amides is 3. The zero-order valence-corrected chi connectivity index (χ0v) is 20.4. The van der Waals surface area contributed by atoms with Crippen LogP contribution in [0.4, 0.5) is 10.1 Å². The monoisotopic (exact) mass is 499 g/mol. The third kappa shape index (κ3) is 4.74. The van der Waals surface area contributed by atoms with Crippen LogP contribution < -0.4 is 4.90 Å². The van der Waals surface area contributed by atoms with Crippen LogP contribution in [0.3, 0.4) is 0 Å². The van der Waals surface area contributed by atoms with Crippen LogP contribution in [0.15, 0.2) is 66.7 Å². The second-order valence-corrected chi connectivity index (χ2v) is 9.26. The fourth-order valence-electron chi connectivity index (χ4n) is 4.83. The first kappa shape index (κ1) is 24.4. The molecule has 3 aromatic rings. The Labute approximate surface area is 214 Å². The molecule has 0 atom stereocenters. The molecule has 0 aromatic heterocycles. The van der Waals surface area contributed by atoms with Crippen LogP contribution in [-0.2, 0) is 6.42 Å². The van der Waals surface area contributed by atoms with Crippen molar-refractivity contribution in [1.29, 1.82) is 0 Å². The van der Waals surface area contributed by atoms with Gasteiger partial charge in [-0.1, -0.05) is 30.3 Å². The first-order valence-corrected chi connectivity index (χ1v) is 12.2. The first-order chi connectivity index (χ1) is 17.8. The Morgan fingerprint density at radius 1 is 0.811 bits per heavy atom. The number of carbonyl (C=O) groups excluding carboxylic acids is 4. The molecule has 0 saturated carbocycles. The summed E-state index contributed by atoms with van der Waals surface area (Å²) in [7, 11) is 0. The Balaban J connectivity index is 1.24. The number of piperazine rings is 1. The molecule has 37 heavy (non-hydrogen) atoms. The standard InChI is InChI=1S/C29H26FN3O4/c1-19(34)21-8-10-26(25(30)18-21)31-13-15-32(16-14-31)27(35)22-7-9-23-24(17-22)29(37)33(28(23)36)12-11-20-5-3-2-4-6-20/h2-10,17-18H,11-16H2,1H3. The van der Waals surface area contributed by atoms with Crippen LogP contribution in [-0.4, -0.2) is 66.0 Å². The van der Waals surface area contributed by atoms with Crippen LogP contribution in [0, 0.1) is 5.82 Å². The van der Waals surface area contributed by atoms with Crippen molar-refractivity contribution in [2.24, 2.45) is 0 Å². The van der Waals surface area contributed by atoms with E-state index in [2.05, 4.69) is 0 Å². The summed E-state index contributed by atoms with van der Waals surface area (Å²) in [6, 6.07) is 18.7. The number of rotatable bonds is 6. The summed E-state index contributed by atoms with van der Waals surface area (Å²) < 4.78 is 14.6. The Morgan fingerprint density at radius 3 is 2.16 bits per heavy atom. The molecule has 2 heterocycles. The summed E-state index contributed by atoms with van der Waals surface area (Å²) in [5.74, 6) is -1.64. The molecule has 5 rings (SSSR count). The number of benzene rings is 3. The molecule has 7 nitrogen and oxygen atoms in total. The van der Waals surface area contributed by atoms with Crippen molar-refractivity contribution in [3.8, 4) is 0 Å². The van der Waals surface area contributed by atoms with E-state index in [4.69, 9.17) is 0 Å². The summed E-state index contributed by atoms with van der Waals surface area (Å²) in [5.41, 5.74) is 2.64. The molecule has 2 aliphatic rings. The van der Waals surface area contributed by atoms with Crippen LogP contribution in [0.25, 0.3) is 0 Å². The summed E-state index contributed by atoms with van der Waals surface area (Å²) in [4.78, 5) is 55.2. The van der Waals surface area contributed by atoms with Crippen molar-refractivity contribution in [2.75, 3.05) is 37.6 Å². The largest absolute Gasteiger partial charge is 0.366 e. The number of fused-ring (bicyclic) bond motifs is 1. The normalized spacial score (nSPS) is 15.2. The topological polar surface area (TPSA) is 78.0 Å². The minimum atomic E-state index is -0.467. The molecule has 0 spiro atoms. The number of nitrogens with zero attached hydrogens (tertiary/aromatic N) is 3. The van der Waals surface area contributed by atoms with Gasteiger partial charge in [0.2, 0.25) is 0 Å². The van der Waals surface area contributed by atoms with E-state index in [1.54, 1.807) is 29.2 Å². The molecule has 3 amide bonds. The lowest BCUT2D eigenvalue weighted by atomic mass is 10.0. The lowest BCUT2D eigenvalue weighted by Crippen LogP contribution is -2.49. The van der Waals surface area contributed by atoms with Gasteiger partial charge in [0.1, 0.15) is 5.82 Å². The SMILES string of the molecule is CC(=O)c1ccc(N2CCN(C(=O)c3ccc4c(c3)C(=O)N(CCc3ccccc3)C4=O)CC2)c(F)c1. The van der Waals surface area contributed by atoms with E-state index in [9.17, 15) is 23.6 Å². The van der Waals surface area contributed by atoms with Crippen LogP contribution in [0.1, 0.15) is 53.9 Å². The van der Waals surface area contributed by atoms with Crippen molar-refractivity contribution < 1.29 is 23.6 Å². The Morgan fingerprint density at radius 2 is 1.49 bits per heavy atom. The van der Waals surface area contributed by atoms with Gasteiger partial charge in [0.05, 0.1) is 16.8 Å². The number of carbonyl (C=O) groups is 4. The van der Waals surface area contributed by atoms with E-state index in [1.165, 1.54) is 24.0 Å². The van der Waals surface area contributed by atoms with Gasteiger partial charge in [-0.05, 0) is 55.3 Å². The van der Waals surface area contributed by atoms with Crippen molar-refractivity contribution in [1.82, 2.24) is 9.80 Å². The average Bonchev–Trinajstić information content (AvgIpc) is 3.16. The van der Waals surface area contributed by atoms with E-state index in [0.29, 0.717) is 55.0 Å². The van der Waals surface area contributed by atoms with Gasteiger partial charge in [0.15, 0.2) is 5.78 Å². The summed E-state index contributed by atoms with van der Waals surface area (Å²) in [6.45, 7) is 3.27. The van der Waals surface area contributed by atoms with Gasteiger partial charge in [-0.15, -0.1) is 0 Å². The van der Waals surface area contributed by atoms with Gasteiger partial charge in [0, 0.05) is 43.9 Å². The molecular formula is C29H26FN3O4. The number of anilines is 1. The highest BCUT2D eigenvalue weighted by atomic mass is 19.1. The lowest BCUT2D eigenvalue weighted by Gasteiger charge is -2.36. The van der Waals surface area contributed by atoms with E-state index >= 15 is 0 Å². The molecule has 0 radical (unpaired) electrons. The summed E-state index contributed by atoms with van der Waals surface area (Å²) in [6.07, 6.45) is 0.556. The molecule has 8 heteroatoms. The minimum absolute atomic E-state index is 0.199. The third-order valence-corrected chi connectivity index (χ3v) is 6.95. The molecule has 0 aliphatic carbocycles. The van der Waals surface area contributed by atoms with E-state index in [0.717, 1.165) is 5.56 Å². The Kier molecular flexibility index (Phi) is 6.56. The fourth-order valence-corrected chi connectivity index (χ4v) is 4.83. The van der Waals surface area contributed by atoms with Gasteiger partial charge >= 0.3 is 0 Å². The van der Waals surface area contributed by atoms with Gasteiger partial charge in [-0.2, -0.15) is 0 Å². The Bertz CT molecular complexity index is 1400. The highest BCUT2D eigenvalue weighted by molar-refractivity contribution is 6.22. The average molecular weight is 500 g/mol. The van der Waals surface area contributed by atoms with E-state index < -0.39 is 5.82 Å². The van der Waals surface area contributed by atoms with Gasteiger partial charge in [-0.3, -0.25) is 24.1 Å². The molecule has 0 N–H and O–H groups in total. The van der Waals surface area contributed by atoms with E-state index in [1.807, 2.05) is 35.2 Å². The smallest absolute Gasteiger partial charge is 0.261 e. The van der Waals surface area contributed by atoms with Crippen LogP contribution in [0.5, 0.6) is 0 Å². The van der Waals surface area contributed by atoms with Gasteiger partial charge < -0.3 is 9.80 Å². The molecule has 0 bridgehead atoms. The van der Waals surface area contributed by atoms with Gasteiger partial charge in [-0.25, -0.2) is 4.39 Å². The van der Waals surface area contributed by atoms with Crippen LogP contribution in [0.2, 0.25) is 0 Å². The summed E-state index contributed by atoms with van der Waals surface area (Å²) in [5, 5.41) is 0. The molecular weight excluding hydrogens is 473 g/mol. The van der Waals surface area contributed by atoms with Crippen molar-refractivity contribution >= 4 is 29.2 Å². The highest BCUT2D eigenvalue weighted by Gasteiger charge is 2.36. The van der Waals surface area contributed by atoms with E-state index in [-0.39, 0.29) is 35.6 Å². The quantitative estimate of drug-likeness (QED) is 0.381. The first-order valence-electron chi connectivity index (χ1n) is 12.2. The second-order valence-electron chi connectivity index (χ2n) is 9.26. The third-order valence-electron chi connectivity index (χ3n) is 6.95. The number of ketones is 1. The number of Topliss-reactive ketones (excluding diaryl/α,β-unsaturated/α-hetero) is 1. The minimum Gasteiger partial charge on any atom is -0.366 e. The maximum absolute atomic E-state index is 14.6. The zero-order valence-electron chi connectivity index (χ0n) is 20.4. The molecule has 188 valence electrons. The summed E-state index contributed by atoms with van der Waals surface area (Å²) >= 11 is 0. The van der Waals surface area contributed by atoms with Crippen LogP contribution >= 0.6 is 0 Å². The molecule has 1 saturated heterocycles. The predicted octanol–water partition coefficient (Wildman–Crippen LogP) is 3.83. The molecule has 2 aliphatic heterocycles. The molecule has 0 unspecified atom stereocenters. The number of hydrogen-bond donors (Lipinski definition) is 0. The maximum Gasteiger partial charge on any atom is 0.261 e.